The van der Waals surface area contributed by atoms with Gasteiger partial charge in [0.15, 0.2) is 11.5 Å². The van der Waals surface area contributed by atoms with Gasteiger partial charge < -0.3 is 29.7 Å². The van der Waals surface area contributed by atoms with E-state index >= 15 is 0 Å². The molecule has 0 bridgehead atoms. The van der Waals surface area contributed by atoms with Crippen LogP contribution < -0.4 is 24.8 Å². The molecule has 9 heteroatoms. The fraction of sp³-hybridized carbons (Fsp3) is 0.417. The Morgan fingerprint density at radius 2 is 1.67 bits per heavy atom. The average Bonchev–Trinajstić information content (AvgIpc) is 3.32. The maximum atomic E-state index is 12.5. The number of nitrogens with zero attached hydrogens (tertiary/aromatic N) is 2. The topological polar surface area (TPSA) is 92.4 Å². The second-order valence-electron chi connectivity index (χ2n) is 8.21. The van der Waals surface area contributed by atoms with E-state index < -0.39 is 11.8 Å². The molecule has 2 aromatic carbocycles. The van der Waals surface area contributed by atoms with Crippen LogP contribution in [0.3, 0.4) is 0 Å². The lowest BCUT2D eigenvalue weighted by atomic mass is 10.0. The SMILES string of the molecule is COc1ccc([C@H](CNC(=O)C(=O)NCc2ccc3c(c2)OCO3)N2CCN(C)CC2)cc1. The minimum Gasteiger partial charge on any atom is -0.497 e. The van der Waals surface area contributed by atoms with Crippen LogP contribution in [0, 0.1) is 0 Å². The summed E-state index contributed by atoms with van der Waals surface area (Å²) in [6, 6.07) is 13.2. The molecule has 0 aliphatic carbocycles. The monoisotopic (exact) mass is 454 g/mol. The Labute approximate surface area is 193 Å². The first-order chi connectivity index (χ1) is 16.0. The minimum atomic E-state index is -0.667. The highest BCUT2D eigenvalue weighted by Gasteiger charge is 2.25. The molecule has 1 saturated heterocycles. The number of hydrogen-bond donors (Lipinski definition) is 2. The number of benzene rings is 2. The molecule has 0 spiro atoms. The number of rotatable bonds is 7. The first kappa shape index (κ1) is 22.9. The largest absolute Gasteiger partial charge is 0.497 e. The third-order valence-electron chi connectivity index (χ3n) is 6.03. The zero-order valence-electron chi connectivity index (χ0n) is 19.0. The van der Waals surface area contributed by atoms with Gasteiger partial charge in [0, 0.05) is 39.3 Å². The van der Waals surface area contributed by atoms with E-state index in [1.165, 1.54) is 0 Å². The quantitative estimate of drug-likeness (QED) is 0.607. The lowest BCUT2D eigenvalue weighted by Crippen LogP contribution is -2.49. The number of carbonyl (C=O) groups is 2. The number of amides is 2. The predicted octanol–water partition coefficient (Wildman–Crippen LogP) is 1.15. The van der Waals surface area contributed by atoms with Gasteiger partial charge in [0.25, 0.3) is 0 Å². The van der Waals surface area contributed by atoms with Gasteiger partial charge in [0.05, 0.1) is 13.2 Å². The number of fused-ring (bicyclic) bond motifs is 1. The Morgan fingerprint density at radius 3 is 2.39 bits per heavy atom. The van der Waals surface area contributed by atoms with Gasteiger partial charge in [-0.05, 0) is 42.4 Å². The Bertz CT molecular complexity index is 973. The van der Waals surface area contributed by atoms with Crippen molar-refractivity contribution in [3.05, 3.63) is 53.6 Å². The molecule has 2 amide bonds. The lowest BCUT2D eigenvalue weighted by Gasteiger charge is -2.38. The fourth-order valence-electron chi connectivity index (χ4n) is 4.00. The number of methoxy groups -OCH3 is 1. The van der Waals surface area contributed by atoms with Crippen molar-refractivity contribution in [3.8, 4) is 17.2 Å². The van der Waals surface area contributed by atoms with Crippen LogP contribution in [-0.4, -0.2) is 75.3 Å². The fourth-order valence-corrected chi connectivity index (χ4v) is 4.00. The van der Waals surface area contributed by atoms with E-state index in [1.54, 1.807) is 19.2 Å². The van der Waals surface area contributed by atoms with Gasteiger partial charge in [-0.1, -0.05) is 18.2 Å². The Hall–Kier alpha value is -3.30. The number of nitrogens with one attached hydrogen (secondary N) is 2. The van der Waals surface area contributed by atoms with Crippen LogP contribution in [0.15, 0.2) is 42.5 Å². The van der Waals surface area contributed by atoms with Crippen molar-refractivity contribution in [1.82, 2.24) is 20.4 Å². The molecular formula is C24H30N4O5. The third-order valence-corrected chi connectivity index (χ3v) is 6.03. The molecule has 0 aromatic heterocycles. The van der Waals surface area contributed by atoms with Gasteiger partial charge in [-0.2, -0.15) is 0 Å². The summed E-state index contributed by atoms with van der Waals surface area (Å²) in [7, 11) is 3.74. The number of carbonyl (C=O) groups excluding carboxylic acids is 2. The summed E-state index contributed by atoms with van der Waals surface area (Å²) in [4.78, 5) is 29.5. The molecule has 2 aromatic rings. The summed E-state index contributed by atoms with van der Waals surface area (Å²) >= 11 is 0. The molecule has 33 heavy (non-hydrogen) atoms. The number of hydrogen-bond acceptors (Lipinski definition) is 7. The van der Waals surface area contributed by atoms with Crippen LogP contribution in [0.25, 0.3) is 0 Å². The van der Waals surface area contributed by atoms with E-state index in [0.717, 1.165) is 43.1 Å². The maximum Gasteiger partial charge on any atom is 0.309 e. The molecule has 9 nitrogen and oxygen atoms in total. The van der Waals surface area contributed by atoms with Crippen LogP contribution in [0.2, 0.25) is 0 Å². The van der Waals surface area contributed by atoms with Gasteiger partial charge in [-0.25, -0.2) is 0 Å². The zero-order chi connectivity index (χ0) is 23.2. The number of piperazine rings is 1. The highest BCUT2D eigenvalue weighted by atomic mass is 16.7. The second kappa shape index (κ2) is 10.5. The predicted molar refractivity (Wildman–Crippen MR) is 122 cm³/mol. The van der Waals surface area contributed by atoms with E-state index in [9.17, 15) is 9.59 Å². The van der Waals surface area contributed by atoms with Crippen molar-refractivity contribution < 1.29 is 23.8 Å². The average molecular weight is 455 g/mol. The summed E-state index contributed by atoms with van der Waals surface area (Å²) < 4.78 is 15.9. The van der Waals surface area contributed by atoms with Crippen LogP contribution in [0.1, 0.15) is 17.2 Å². The molecule has 1 atom stereocenters. The van der Waals surface area contributed by atoms with Crippen molar-refractivity contribution in [2.75, 3.05) is 53.7 Å². The molecule has 1 fully saturated rings. The van der Waals surface area contributed by atoms with Crippen molar-refractivity contribution in [2.45, 2.75) is 12.6 Å². The normalized spacial score (nSPS) is 16.8. The molecule has 176 valence electrons. The molecule has 0 saturated carbocycles. The molecule has 2 aliphatic rings. The Kier molecular flexibility index (Phi) is 7.31. The summed E-state index contributed by atoms with van der Waals surface area (Å²) in [6.07, 6.45) is 0. The summed E-state index contributed by atoms with van der Waals surface area (Å²) in [6.45, 7) is 4.44. The summed E-state index contributed by atoms with van der Waals surface area (Å²) in [5.74, 6) is 0.780. The zero-order valence-corrected chi connectivity index (χ0v) is 19.0. The van der Waals surface area contributed by atoms with Crippen molar-refractivity contribution in [2.24, 2.45) is 0 Å². The standard InChI is InChI=1S/C24H30N4O5/c1-27-9-11-28(12-10-27)20(18-4-6-19(31-2)7-5-18)15-26-24(30)23(29)25-14-17-3-8-21-22(13-17)33-16-32-21/h3-8,13,20H,9-12,14-16H2,1-2H3,(H,25,29)(H,26,30)/t20-/m0/s1. The Balaban J connectivity index is 1.34. The maximum absolute atomic E-state index is 12.5. The van der Waals surface area contributed by atoms with E-state index in [-0.39, 0.29) is 19.4 Å². The smallest absolute Gasteiger partial charge is 0.309 e. The van der Waals surface area contributed by atoms with Gasteiger partial charge in [0.1, 0.15) is 5.75 Å². The molecule has 0 radical (unpaired) electrons. The third kappa shape index (κ3) is 5.74. The Morgan fingerprint density at radius 1 is 0.970 bits per heavy atom. The summed E-state index contributed by atoms with van der Waals surface area (Å²) in [5.41, 5.74) is 1.90. The van der Waals surface area contributed by atoms with E-state index in [1.807, 2.05) is 30.3 Å². The molecule has 0 unspecified atom stereocenters. The van der Waals surface area contributed by atoms with Gasteiger partial charge in [-0.3, -0.25) is 14.5 Å². The van der Waals surface area contributed by atoms with Crippen molar-refractivity contribution in [3.63, 3.8) is 0 Å². The molecule has 4 rings (SSSR count). The number of likely N-dealkylation sites (N-methyl/N-ethyl adjacent to an activating group) is 1. The first-order valence-corrected chi connectivity index (χ1v) is 11.0. The van der Waals surface area contributed by atoms with Crippen molar-refractivity contribution >= 4 is 11.8 Å². The van der Waals surface area contributed by atoms with Crippen LogP contribution in [0.5, 0.6) is 17.2 Å². The van der Waals surface area contributed by atoms with Crippen molar-refractivity contribution in [1.29, 1.82) is 0 Å². The minimum absolute atomic E-state index is 0.0322. The van der Waals surface area contributed by atoms with E-state index in [4.69, 9.17) is 14.2 Å². The van der Waals surface area contributed by atoms with E-state index in [0.29, 0.717) is 18.0 Å². The molecular weight excluding hydrogens is 424 g/mol. The second-order valence-corrected chi connectivity index (χ2v) is 8.21. The van der Waals surface area contributed by atoms with Gasteiger partial charge in [0.2, 0.25) is 6.79 Å². The van der Waals surface area contributed by atoms with Crippen LogP contribution in [0.4, 0.5) is 0 Å². The summed E-state index contributed by atoms with van der Waals surface area (Å²) in [5, 5.41) is 5.48. The first-order valence-electron chi connectivity index (χ1n) is 11.0. The van der Waals surface area contributed by atoms with Crippen LogP contribution in [-0.2, 0) is 16.1 Å². The van der Waals surface area contributed by atoms with E-state index in [2.05, 4.69) is 27.5 Å². The molecule has 2 aliphatic heterocycles. The van der Waals surface area contributed by atoms with Gasteiger partial charge >= 0.3 is 11.8 Å². The van der Waals surface area contributed by atoms with Crippen LogP contribution >= 0.6 is 0 Å². The highest BCUT2D eigenvalue weighted by molar-refractivity contribution is 6.35. The highest BCUT2D eigenvalue weighted by Crippen LogP contribution is 2.32. The lowest BCUT2D eigenvalue weighted by molar-refractivity contribution is -0.139. The van der Waals surface area contributed by atoms with Gasteiger partial charge in [-0.15, -0.1) is 0 Å². The number of ether oxygens (including phenoxy) is 3. The molecule has 2 N–H and O–H groups in total. The molecule has 2 heterocycles.